The van der Waals surface area contributed by atoms with E-state index in [1.807, 2.05) is 6.07 Å². The molecule has 0 unspecified atom stereocenters. The highest BCUT2D eigenvalue weighted by molar-refractivity contribution is 5.85. The summed E-state index contributed by atoms with van der Waals surface area (Å²) in [5, 5.41) is 0. The molecule has 0 aliphatic carbocycles. The Kier molecular flexibility index (Phi) is 3.82. The zero-order valence-electron chi connectivity index (χ0n) is 10.7. The average molecular weight is 231 g/mol. The molecule has 0 N–H and O–H groups in total. The fraction of sp³-hybridized carbons (Fsp3) is 0.533. The van der Waals surface area contributed by atoms with Crippen LogP contribution in [0.25, 0.3) is 0 Å². The van der Waals surface area contributed by atoms with Crippen molar-refractivity contribution in [2.75, 3.05) is 6.54 Å². The minimum atomic E-state index is 0.241. The van der Waals surface area contributed by atoms with Gasteiger partial charge in [0.15, 0.2) is 0 Å². The number of β-lactam (4-membered cyclic amide) rings is 1. The van der Waals surface area contributed by atoms with Gasteiger partial charge in [-0.2, -0.15) is 0 Å². The molecule has 1 aliphatic heterocycles. The lowest BCUT2D eigenvalue weighted by Gasteiger charge is -2.46. The van der Waals surface area contributed by atoms with Crippen molar-refractivity contribution in [1.29, 1.82) is 0 Å². The molecule has 1 amide bonds. The third-order valence-corrected chi connectivity index (χ3v) is 3.72. The third-order valence-electron chi connectivity index (χ3n) is 3.72. The summed E-state index contributed by atoms with van der Waals surface area (Å²) >= 11 is 0. The van der Waals surface area contributed by atoms with E-state index in [2.05, 4.69) is 43.0 Å². The van der Waals surface area contributed by atoms with Gasteiger partial charge in [0, 0.05) is 12.6 Å². The van der Waals surface area contributed by atoms with Gasteiger partial charge < -0.3 is 4.90 Å². The van der Waals surface area contributed by atoms with Gasteiger partial charge >= 0.3 is 0 Å². The second kappa shape index (κ2) is 5.35. The molecule has 92 valence electrons. The van der Waals surface area contributed by atoms with Crippen molar-refractivity contribution in [3.63, 3.8) is 0 Å². The van der Waals surface area contributed by atoms with E-state index in [0.29, 0.717) is 11.9 Å². The second-order valence-electron chi connectivity index (χ2n) is 4.91. The van der Waals surface area contributed by atoms with Gasteiger partial charge in [0.25, 0.3) is 0 Å². The molecule has 2 atom stereocenters. The molecule has 1 aromatic rings. The Balaban J connectivity index is 1.88. The lowest BCUT2D eigenvalue weighted by Crippen LogP contribution is -2.60. The number of carbonyl (C=O) groups is 1. The minimum Gasteiger partial charge on any atom is -0.338 e. The average Bonchev–Trinajstić information content (AvgIpc) is 2.38. The molecule has 2 rings (SSSR count). The number of carbonyl (C=O) groups excluding carboxylic acids is 1. The summed E-state index contributed by atoms with van der Waals surface area (Å²) in [7, 11) is 0. The summed E-state index contributed by atoms with van der Waals surface area (Å²) in [6.07, 6.45) is 3.27. The summed E-state index contributed by atoms with van der Waals surface area (Å²) < 4.78 is 0. The van der Waals surface area contributed by atoms with Crippen LogP contribution < -0.4 is 0 Å². The Morgan fingerprint density at radius 2 is 1.94 bits per heavy atom. The Morgan fingerprint density at radius 3 is 2.59 bits per heavy atom. The molecule has 0 radical (unpaired) electrons. The summed E-state index contributed by atoms with van der Waals surface area (Å²) in [5.74, 6) is 0.574. The van der Waals surface area contributed by atoms with Crippen LogP contribution in [0.5, 0.6) is 0 Å². The van der Waals surface area contributed by atoms with Crippen molar-refractivity contribution in [2.45, 2.75) is 39.2 Å². The van der Waals surface area contributed by atoms with E-state index >= 15 is 0 Å². The van der Waals surface area contributed by atoms with Gasteiger partial charge in [0.05, 0.1) is 5.92 Å². The van der Waals surface area contributed by atoms with Crippen LogP contribution in [0.4, 0.5) is 0 Å². The standard InChI is InChI=1S/C15H21NO/c1-3-7-14-12(2)15(17)16(14)11-10-13-8-5-4-6-9-13/h4-6,8-9,12,14H,3,7,10-11H2,1-2H3/t12-,14+/m0/s1. The first-order valence-electron chi connectivity index (χ1n) is 6.58. The molecule has 0 bridgehead atoms. The molecule has 2 heteroatoms. The van der Waals surface area contributed by atoms with Crippen LogP contribution in [0, 0.1) is 5.92 Å². The van der Waals surface area contributed by atoms with E-state index in [9.17, 15) is 4.79 Å². The van der Waals surface area contributed by atoms with Crippen LogP contribution in [0.3, 0.4) is 0 Å². The van der Waals surface area contributed by atoms with Gasteiger partial charge in [-0.15, -0.1) is 0 Å². The first-order valence-corrected chi connectivity index (χ1v) is 6.58. The lowest BCUT2D eigenvalue weighted by atomic mass is 9.85. The smallest absolute Gasteiger partial charge is 0.227 e. The van der Waals surface area contributed by atoms with Crippen molar-refractivity contribution in [1.82, 2.24) is 4.90 Å². The van der Waals surface area contributed by atoms with Crippen molar-refractivity contribution in [3.05, 3.63) is 35.9 Å². The van der Waals surface area contributed by atoms with Crippen molar-refractivity contribution in [2.24, 2.45) is 5.92 Å². The first-order chi connectivity index (χ1) is 8.24. The fourth-order valence-corrected chi connectivity index (χ4v) is 2.65. The number of nitrogens with zero attached hydrogens (tertiary/aromatic N) is 1. The van der Waals surface area contributed by atoms with E-state index < -0.39 is 0 Å². The monoisotopic (exact) mass is 231 g/mol. The van der Waals surface area contributed by atoms with Crippen molar-refractivity contribution >= 4 is 5.91 Å². The normalized spacial score (nSPS) is 23.6. The number of rotatable bonds is 5. The molecule has 1 aromatic carbocycles. The van der Waals surface area contributed by atoms with E-state index in [0.717, 1.165) is 25.8 Å². The summed E-state index contributed by atoms with van der Waals surface area (Å²) in [5.41, 5.74) is 1.31. The van der Waals surface area contributed by atoms with Crippen LogP contribution in [0.2, 0.25) is 0 Å². The molecule has 0 saturated carbocycles. The van der Waals surface area contributed by atoms with Crippen LogP contribution in [-0.2, 0) is 11.2 Å². The quantitative estimate of drug-likeness (QED) is 0.714. The van der Waals surface area contributed by atoms with Crippen molar-refractivity contribution < 1.29 is 4.79 Å². The van der Waals surface area contributed by atoms with E-state index in [4.69, 9.17) is 0 Å². The zero-order valence-corrected chi connectivity index (χ0v) is 10.7. The summed E-state index contributed by atoms with van der Waals surface area (Å²) in [6.45, 7) is 5.12. The molecule has 2 nitrogen and oxygen atoms in total. The van der Waals surface area contributed by atoms with Crippen LogP contribution in [0.15, 0.2) is 30.3 Å². The second-order valence-corrected chi connectivity index (χ2v) is 4.91. The highest BCUT2D eigenvalue weighted by Crippen LogP contribution is 2.29. The van der Waals surface area contributed by atoms with Crippen LogP contribution in [0.1, 0.15) is 32.3 Å². The molecule has 1 saturated heterocycles. The van der Waals surface area contributed by atoms with Gasteiger partial charge in [-0.25, -0.2) is 0 Å². The van der Waals surface area contributed by atoms with Crippen LogP contribution >= 0.6 is 0 Å². The van der Waals surface area contributed by atoms with E-state index in [1.54, 1.807) is 0 Å². The molecular formula is C15H21NO. The van der Waals surface area contributed by atoms with Gasteiger partial charge in [0.2, 0.25) is 5.91 Å². The molecule has 1 aliphatic rings. The minimum absolute atomic E-state index is 0.241. The number of benzene rings is 1. The number of amides is 1. The van der Waals surface area contributed by atoms with E-state index in [-0.39, 0.29) is 5.92 Å². The Morgan fingerprint density at radius 1 is 1.24 bits per heavy atom. The molecule has 17 heavy (non-hydrogen) atoms. The zero-order chi connectivity index (χ0) is 12.3. The highest BCUT2D eigenvalue weighted by atomic mass is 16.2. The summed E-state index contributed by atoms with van der Waals surface area (Å²) in [6, 6.07) is 10.9. The van der Waals surface area contributed by atoms with E-state index in [1.165, 1.54) is 5.56 Å². The molecular weight excluding hydrogens is 210 g/mol. The maximum atomic E-state index is 11.8. The predicted octanol–water partition coefficient (Wildman–Crippen LogP) is 2.88. The van der Waals surface area contributed by atoms with Gasteiger partial charge in [-0.05, 0) is 18.4 Å². The number of hydrogen-bond donors (Lipinski definition) is 0. The largest absolute Gasteiger partial charge is 0.338 e. The predicted molar refractivity (Wildman–Crippen MR) is 69.7 cm³/mol. The fourth-order valence-electron chi connectivity index (χ4n) is 2.65. The lowest BCUT2D eigenvalue weighted by molar-refractivity contribution is -0.155. The SMILES string of the molecule is CCC[C@@H]1[C@H](C)C(=O)N1CCc1ccccc1. The first kappa shape index (κ1) is 12.2. The highest BCUT2D eigenvalue weighted by Gasteiger charge is 2.42. The Labute approximate surface area is 104 Å². The van der Waals surface area contributed by atoms with Crippen LogP contribution in [-0.4, -0.2) is 23.4 Å². The van der Waals surface area contributed by atoms with Gasteiger partial charge in [-0.1, -0.05) is 50.6 Å². The summed E-state index contributed by atoms with van der Waals surface area (Å²) in [4.78, 5) is 13.9. The number of likely N-dealkylation sites (tertiary alicyclic amines) is 1. The Bertz CT molecular complexity index is 374. The number of hydrogen-bond acceptors (Lipinski definition) is 1. The Hall–Kier alpha value is -1.31. The third kappa shape index (κ3) is 2.51. The topological polar surface area (TPSA) is 20.3 Å². The maximum Gasteiger partial charge on any atom is 0.227 e. The molecule has 1 fully saturated rings. The van der Waals surface area contributed by atoms with Crippen molar-refractivity contribution in [3.8, 4) is 0 Å². The van der Waals surface area contributed by atoms with Gasteiger partial charge in [-0.3, -0.25) is 4.79 Å². The molecule has 0 spiro atoms. The molecule has 1 heterocycles. The maximum absolute atomic E-state index is 11.8. The van der Waals surface area contributed by atoms with Gasteiger partial charge in [0.1, 0.15) is 0 Å². The molecule has 0 aromatic heterocycles.